The number of aldehydes is 1. The summed E-state index contributed by atoms with van der Waals surface area (Å²) in [5.74, 6) is 1.34. The smallest absolute Gasteiger partial charge is 0.231 e. The van der Waals surface area contributed by atoms with Gasteiger partial charge in [0.2, 0.25) is 6.79 Å². The second kappa shape index (κ2) is 5.24. The van der Waals surface area contributed by atoms with E-state index < -0.39 is 0 Å². The van der Waals surface area contributed by atoms with Crippen molar-refractivity contribution in [2.75, 3.05) is 6.79 Å². The molecule has 114 valence electrons. The molecule has 0 saturated carbocycles. The van der Waals surface area contributed by atoms with Crippen LogP contribution in [0.3, 0.4) is 0 Å². The van der Waals surface area contributed by atoms with E-state index in [4.69, 9.17) is 9.47 Å². The van der Waals surface area contributed by atoms with Gasteiger partial charge in [0.25, 0.3) is 0 Å². The maximum atomic E-state index is 11.4. The summed E-state index contributed by atoms with van der Waals surface area (Å²) in [5, 5.41) is 8.10. The quantitative estimate of drug-likeness (QED) is 0.696. The van der Waals surface area contributed by atoms with E-state index in [0.29, 0.717) is 23.5 Å². The normalized spacial score (nSPS) is 12.4. The van der Waals surface area contributed by atoms with Crippen LogP contribution >= 0.6 is 0 Å². The van der Waals surface area contributed by atoms with Crippen LogP contribution in [0.5, 0.6) is 11.5 Å². The minimum atomic E-state index is 0.203. The third-order valence-corrected chi connectivity index (χ3v) is 3.73. The lowest BCUT2D eigenvalue weighted by Crippen LogP contribution is -2.00. The molecule has 0 unspecified atom stereocenters. The summed E-state index contributed by atoms with van der Waals surface area (Å²) in [4.78, 5) is 11.4. The number of fused-ring (bicyclic) bond motifs is 1. The van der Waals surface area contributed by atoms with Crippen molar-refractivity contribution >= 4 is 6.29 Å². The van der Waals surface area contributed by atoms with Gasteiger partial charge in [-0.2, -0.15) is 0 Å². The lowest BCUT2D eigenvalue weighted by Gasteiger charge is -2.08. The van der Waals surface area contributed by atoms with Crippen molar-refractivity contribution in [3.63, 3.8) is 0 Å². The van der Waals surface area contributed by atoms with Crippen molar-refractivity contribution in [2.24, 2.45) is 0 Å². The minimum Gasteiger partial charge on any atom is -0.454 e. The Labute approximate surface area is 132 Å². The average Bonchev–Trinajstić information content (AvgIpc) is 3.21. The zero-order valence-corrected chi connectivity index (χ0v) is 12.4. The summed E-state index contributed by atoms with van der Waals surface area (Å²) in [7, 11) is 0. The van der Waals surface area contributed by atoms with Crippen molar-refractivity contribution in [3.8, 4) is 28.4 Å². The fourth-order valence-electron chi connectivity index (χ4n) is 2.55. The first-order valence-electron chi connectivity index (χ1n) is 7.14. The summed E-state index contributed by atoms with van der Waals surface area (Å²) in [6.45, 7) is 2.22. The van der Waals surface area contributed by atoms with Gasteiger partial charge in [-0.15, -0.1) is 5.10 Å². The number of aromatic nitrogens is 3. The molecule has 4 rings (SSSR count). The Bertz CT molecular complexity index is 885. The highest BCUT2D eigenvalue weighted by Gasteiger charge is 2.20. The van der Waals surface area contributed by atoms with E-state index in [0.717, 1.165) is 16.8 Å². The summed E-state index contributed by atoms with van der Waals surface area (Å²) in [5.41, 5.74) is 3.69. The molecule has 1 aromatic heterocycles. The number of ether oxygens (including phenoxy) is 2. The fraction of sp³-hybridized carbons (Fsp3) is 0.118. The van der Waals surface area contributed by atoms with Crippen LogP contribution in [0.15, 0.2) is 42.5 Å². The Morgan fingerprint density at radius 2 is 1.87 bits per heavy atom. The molecule has 0 amide bonds. The Kier molecular flexibility index (Phi) is 3.08. The monoisotopic (exact) mass is 307 g/mol. The summed E-state index contributed by atoms with van der Waals surface area (Å²) < 4.78 is 12.4. The van der Waals surface area contributed by atoms with Crippen LogP contribution in [-0.4, -0.2) is 28.1 Å². The Morgan fingerprint density at radius 1 is 1.09 bits per heavy atom. The molecule has 2 heterocycles. The topological polar surface area (TPSA) is 66.2 Å². The molecule has 0 saturated heterocycles. The number of carbonyl (C=O) groups excluding carboxylic acids is 1. The molecule has 0 aliphatic carbocycles. The fourth-order valence-corrected chi connectivity index (χ4v) is 2.55. The minimum absolute atomic E-state index is 0.203. The summed E-state index contributed by atoms with van der Waals surface area (Å²) in [6, 6.07) is 13.4. The van der Waals surface area contributed by atoms with E-state index in [9.17, 15) is 4.79 Å². The number of hydrogen-bond donors (Lipinski definition) is 0. The van der Waals surface area contributed by atoms with E-state index >= 15 is 0 Å². The highest BCUT2D eigenvalue weighted by Crippen LogP contribution is 2.36. The van der Waals surface area contributed by atoms with Gasteiger partial charge in [0.05, 0.1) is 5.69 Å². The first-order chi connectivity index (χ1) is 11.3. The number of aryl methyl sites for hydroxylation is 1. The van der Waals surface area contributed by atoms with Gasteiger partial charge in [-0.25, -0.2) is 4.68 Å². The SMILES string of the molecule is Cc1ccc(-n2nnc(C=O)c2-c2ccc3c(c2)OCO3)cc1. The van der Waals surface area contributed by atoms with Gasteiger partial charge in [-0.3, -0.25) is 4.79 Å². The highest BCUT2D eigenvalue weighted by molar-refractivity contribution is 5.84. The van der Waals surface area contributed by atoms with Gasteiger partial charge in [0.1, 0.15) is 5.69 Å². The van der Waals surface area contributed by atoms with Gasteiger partial charge < -0.3 is 9.47 Å². The Balaban J connectivity index is 1.88. The van der Waals surface area contributed by atoms with Crippen LogP contribution in [0, 0.1) is 6.92 Å². The standard InChI is InChI=1S/C17H13N3O3/c1-11-2-5-13(6-3-11)20-17(14(9-21)18-19-20)12-4-7-15-16(8-12)23-10-22-15/h2-9H,10H2,1H3. The second-order valence-electron chi connectivity index (χ2n) is 5.26. The van der Waals surface area contributed by atoms with Gasteiger partial charge >= 0.3 is 0 Å². The number of carbonyl (C=O) groups is 1. The molecule has 1 aliphatic rings. The molecule has 0 N–H and O–H groups in total. The molecule has 6 heteroatoms. The third-order valence-electron chi connectivity index (χ3n) is 3.73. The third kappa shape index (κ3) is 2.24. The van der Waals surface area contributed by atoms with Crippen LogP contribution in [0.2, 0.25) is 0 Å². The van der Waals surface area contributed by atoms with Crippen molar-refractivity contribution in [1.29, 1.82) is 0 Å². The Hall–Kier alpha value is -3.15. The highest BCUT2D eigenvalue weighted by atomic mass is 16.7. The summed E-state index contributed by atoms with van der Waals surface area (Å²) >= 11 is 0. The molecule has 0 fully saturated rings. The van der Waals surface area contributed by atoms with Crippen LogP contribution in [0.1, 0.15) is 16.1 Å². The molecule has 0 radical (unpaired) electrons. The maximum absolute atomic E-state index is 11.4. The van der Waals surface area contributed by atoms with Crippen LogP contribution < -0.4 is 9.47 Å². The van der Waals surface area contributed by atoms with E-state index in [1.54, 1.807) is 4.68 Å². The zero-order valence-electron chi connectivity index (χ0n) is 12.4. The second-order valence-corrected chi connectivity index (χ2v) is 5.26. The largest absolute Gasteiger partial charge is 0.454 e. The molecule has 1 aliphatic heterocycles. The van der Waals surface area contributed by atoms with E-state index in [2.05, 4.69) is 10.3 Å². The molecule has 6 nitrogen and oxygen atoms in total. The van der Waals surface area contributed by atoms with Crippen molar-refractivity contribution in [1.82, 2.24) is 15.0 Å². The molecule has 0 atom stereocenters. The summed E-state index contributed by atoms with van der Waals surface area (Å²) in [6.07, 6.45) is 0.706. The first kappa shape index (κ1) is 13.5. The number of rotatable bonds is 3. The predicted molar refractivity (Wildman–Crippen MR) is 83.0 cm³/mol. The van der Waals surface area contributed by atoms with E-state index in [1.807, 2.05) is 49.4 Å². The number of nitrogens with zero attached hydrogens (tertiary/aromatic N) is 3. The van der Waals surface area contributed by atoms with Gasteiger partial charge in [0.15, 0.2) is 23.5 Å². The van der Waals surface area contributed by atoms with E-state index in [-0.39, 0.29) is 12.5 Å². The molecule has 2 aromatic carbocycles. The molecular weight excluding hydrogens is 294 g/mol. The lowest BCUT2D eigenvalue weighted by molar-refractivity contribution is 0.111. The van der Waals surface area contributed by atoms with Crippen LogP contribution in [0.25, 0.3) is 16.9 Å². The number of hydrogen-bond acceptors (Lipinski definition) is 5. The number of benzene rings is 2. The van der Waals surface area contributed by atoms with E-state index in [1.165, 1.54) is 0 Å². The molecule has 0 bridgehead atoms. The van der Waals surface area contributed by atoms with Gasteiger partial charge in [-0.1, -0.05) is 22.9 Å². The zero-order chi connectivity index (χ0) is 15.8. The Morgan fingerprint density at radius 3 is 2.65 bits per heavy atom. The van der Waals surface area contributed by atoms with Crippen molar-refractivity contribution < 1.29 is 14.3 Å². The predicted octanol–water partition coefficient (Wildman–Crippen LogP) is 2.78. The van der Waals surface area contributed by atoms with Crippen LogP contribution in [-0.2, 0) is 0 Å². The molecule has 3 aromatic rings. The molecule has 0 spiro atoms. The van der Waals surface area contributed by atoms with Crippen LogP contribution in [0.4, 0.5) is 0 Å². The first-order valence-corrected chi connectivity index (χ1v) is 7.14. The maximum Gasteiger partial charge on any atom is 0.231 e. The molecular formula is C17H13N3O3. The van der Waals surface area contributed by atoms with Crippen molar-refractivity contribution in [2.45, 2.75) is 6.92 Å². The van der Waals surface area contributed by atoms with Crippen molar-refractivity contribution in [3.05, 3.63) is 53.7 Å². The average molecular weight is 307 g/mol. The van der Waals surface area contributed by atoms with Gasteiger partial charge in [-0.05, 0) is 37.3 Å². The molecule has 23 heavy (non-hydrogen) atoms. The lowest BCUT2D eigenvalue weighted by atomic mass is 10.1. The van der Waals surface area contributed by atoms with Gasteiger partial charge in [0, 0.05) is 5.56 Å².